The molecule has 0 aliphatic rings. The number of benzene rings is 1. The zero-order chi connectivity index (χ0) is 11.4. The molecular formula is C9H6BrF2NO2. The third kappa shape index (κ3) is 3.02. The van der Waals surface area contributed by atoms with Gasteiger partial charge in [-0.2, -0.15) is 0 Å². The summed E-state index contributed by atoms with van der Waals surface area (Å²) >= 11 is 2.79. The van der Waals surface area contributed by atoms with Gasteiger partial charge in [0.05, 0.1) is 16.4 Å². The minimum Gasteiger partial charge on any atom is -0.515 e. The van der Waals surface area contributed by atoms with Crippen LogP contribution in [0.5, 0.6) is 0 Å². The Morgan fingerprint density at radius 2 is 2.13 bits per heavy atom. The highest BCUT2D eigenvalue weighted by atomic mass is 79.9. The molecule has 15 heavy (non-hydrogen) atoms. The van der Waals surface area contributed by atoms with Gasteiger partial charge in [0.25, 0.3) is 5.91 Å². The second-order valence-corrected chi connectivity index (χ2v) is 3.41. The fourth-order valence-electron chi connectivity index (χ4n) is 0.889. The summed E-state index contributed by atoms with van der Waals surface area (Å²) in [6.07, 6.45) is 1.28. The number of amides is 1. The molecule has 3 nitrogen and oxygen atoms in total. The fourth-order valence-corrected chi connectivity index (χ4v) is 1.32. The molecule has 0 saturated heterocycles. The Hall–Kier alpha value is -1.43. The zero-order valence-electron chi connectivity index (χ0n) is 7.30. The van der Waals surface area contributed by atoms with Crippen molar-refractivity contribution >= 4 is 27.5 Å². The first-order chi connectivity index (χ1) is 7.04. The molecule has 0 spiro atoms. The van der Waals surface area contributed by atoms with E-state index in [2.05, 4.69) is 21.2 Å². The van der Waals surface area contributed by atoms with Crippen molar-refractivity contribution in [2.75, 3.05) is 5.32 Å². The molecule has 0 fully saturated rings. The number of nitrogens with one attached hydrogen (secondary N) is 1. The van der Waals surface area contributed by atoms with Crippen LogP contribution in [0, 0.1) is 11.6 Å². The molecule has 0 radical (unpaired) electrons. The smallest absolute Gasteiger partial charge is 0.251 e. The second-order valence-electron chi connectivity index (χ2n) is 2.55. The molecule has 0 aromatic heterocycles. The molecule has 0 atom stereocenters. The molecule has 0 heterocycles. The van der Waals surface area contributed by atoms with Crippen LogP contribution in [0.3, 0.4) is 0 Å². The third-order valence-corrected chi connectivity index (χ3v) is 2.05. The van der Waals surface area contributed by atoms with Gasteiger partial charge in [0.1, 0.15) is 5.82 Å². The van der Waals surface area contributed by atoms with Crippen LogP contribution in [0.25, 0.3) is 0 Å². The lowest BCUT2D eigenvalue weighted by Crippen LogP contribution is -2.09. The number of aliphatic hydroxyl groups excluding tert-OH is 1. The van der Waals surface area contributed by atoms with E-state index in [0.717, 1.165) is 18.2 Å². The van der Waals surface area contributed by atoms with Gasteiger partial charge in [-0.15, -0.1) is 0 Å². The van der Waals surface area contributed by atoms with Gasteiger partial charge < -0.3 is 10.4 Å². The van der Waals surface area contributed by atoms with E-state index in [1.807, 2.05) is 0 Å². The molecule has 0 aliphatic carbocycles. The van der Waals surface area contributed by atoms with Crippen molar-refractivity contribution in [1.82, 2.24) is 0 Å². The molecule has 1 amide bonds. The van der Waals surface area contributed by atoms with E-state index in [4.69, 9.17) is 5.11 Å². The van der Waals surface area contributed by atoms with Crippen LogP contribution >= 0.6 is 15.9 Å². The molecular weight excluding hydrogens is 272 g/mol. The quantitative estimate of drug-likeness (QED) is 0.496. The number of hydrogen-bond acceptors (Lipinski definition) is 2. The van der Waals surface area contributed by atoms with E-state index in [1.54, 1.807) is 0 Å². The minimum absolute atomic E-state index is 0.0919. The van der Waals surface area contributed by atoms with Gasteiger partial charge in [0.2, 0.25) is 0 Å². The Balaban J connectivity index is 2.99. The number of rotatable bonds is 2. The Bertz CT molecular complexity index is 421. The highest BCUT2D eigenvalue weighted by Gasteiger charge is 2.10. The lowest BCUT2D eigenvalue weighted by atomic mass is 10.3. The van der Waals surface area contributed by atoms with Crippen LogP contribution in [0.4, 0.5) is 14.5 Å². The van der Waals surface area contributed by atoms with E-state index in [9.17, 15) is 13.6 Å². The molecule has 0 aliphatic heterocycles. The molecule has 1 aromatic rings. The summed E-state index contributed by atoms with van der Waals surface area (Å²) in [6, 6.07) is 1.77. The predicted octanol–water partition coefficient (Wildman–Crippen LogP) is 2.74. The molecule has 2 N–H and O–H groups in total. The van der Waals surface area contributed by atoms with Gasteiger partial charge in [0, 0.05) is 12.1 Å². The van der Waals surface area contributed by atoms with E-state index in [0.29, 0.717) is 6.26 Å². The van der Waals surface area contributed by atoms with Crippen LogP contribution in [0.1, 0.15) is 0 Å². The van der Waals surface area contributed by atoms with Crippen LogP contribution in [-0.4, -0.2) is 11.0 Å². The van der Waals surface area contributed by atoms with E-state index in [1.165, 1.54) is 0 Å². The van der Waals surface area contributed by atoms with Crippen LogP contribution in [0.15, 0.2) is 28.9 Å². The molecule has 1 aromatic carbocycles. The Labute approximate surface area is 92.5 Å². The number of carbonyl (C=O) groups excluding carboxylic acids is 1. The maximum absolute atomic E-state index is 13.3. The fraction of sp³-hybridized carbons (Fsp3) is 0. The first-order valence-corrected chi connectivity index (χ1v) is 4.60. The van der Waals surface area contributed by atoms with Crippen molar-refractivity contribution in [2.45, 2.75) is 0 Å². The normalized spacial score (nSPS) is 10.6. The number of carbonyl (C=O) groups is 1. The Kier molecular flexibility index (Phi) is 3.79. The predicted molar refractivity (Wildman–Crippen MR) is 54.5 cm³/mol. The monoisotopic (exact) mass is 277 g/mol. The van der Waals surface area contributed by atoms with Gasteiger partial charge in [-0.1, -0.05) is 0 Å². The standard InChI is InChI=1S/C9H6BrF2NO2/c10-6-3-5(11)4-7(9(6)12)13-8(15)1-2-14/h1-4,14H,(H,13,15). The maximum Gasteiger partial charge on any atom is 0.251 e. The van der Waals surface area contributed by atoms with Gasteiger partial charge in [-0.05, 0) is 22.0 Å². The number of aliphatic hydroxyl groups is 1. The zero-order valence-corrected chi connectivity index (χ0v) is 8.88. The van der Waals surface area contributed by atoms with Gasteiger partial charge in [0.15, 0.2) is 5.82 Å². The molecule has 0 saturated carbocycles. The van der Waals surface area contributed by atoms with Gasteiger partial charge in [-0.3, -0.25) is 4.79 Å². The van der Waals surface area contributed by atoms with Crippen molar-refractivity contribution in [3.05, 3.63) is 40.6 Å². The first kappa shape index (κ1) is 11.6. The van der Waals surface area contributed by atoms with Crippen molar-refractivity contribution < 1.29 is 18.7 Å². The molecule has 1 rings (SSSR count). The average Bonchev–Trinajstić information content (AvgIpc) is 2.13. The second kappa shape index (κ2) is 4.88. The SMILES string of the molecule is O=C(C=CO)Nc1cc(F)cc(Br)c1F. The summed E-state index contributed by atoms with van der Waals surface area (Å²) < 4.78 is 26.0. The summed E-state index contributed by atoms with van der Waals surface area (Å²) in [7, 11) is 0. The number of anilines is 1. The Morgan fingerprint density at radius 1 is 1.47 bits per heavy atom. The van der Waals surface area contributed by atoms with Gasteiger partial charge in [-0.25, -0.2) is 8.78 Å². The third-order valence-electron chi connectivity index (χ3n) is 1.48. The number of hydrogen-bond donors (Lipinski definition) is 2. The topological polar surface area (TPSA) is 49.3 Å². The molecule has 6 heteroatoms. The van der Waals surface area contributed by atoms with E-state index < -0.39 is 17.5 Å². The lowest BCUT2D eigenvalue weighted by Gasteiger charge is -2.05. The van der Waals surface area contributed by atoms with Crippen LogP contribution in [-0.2, 0) is 4.79 Å². The summed E-state index contributed by atoms with van der Waals surface area (Å²) in [5.41, 5.74) is -0.301. The lowest BCUT2D eigenvalue weighted by molar-refractivity contribution is -0.112. The van der Waals surface area contributed by atoms with Crippen molar-refractivity contribution in [3.8, 4) is 0 Å². The highest BCUT2D eigenvalue weighted by molar-refractivity contribution is 9.10. The number of halogens is 3. The Morgan fingerprint density at radius 3 is 2.73 bits per heavy atom. The maximum atomic E-state index is 13.3. The largest absolute Gasteiger partial charge is 0.515 e. The first-order valence-electron chi connectivity index (χ1n) is 3.81. The van der Waals surface area contributed by atoms with Crippen LogP contribution in [0.2, 0.25) is 0 Å². The molecule has 0 bridgehead atoms. The van der Waals surface area contributed by atoms with Crippen molar-refractivity contribution in [3.63, 3.8) is 0 Å². The molecule has 0 unspecified atom stereocenters. The van der Waals surface area contributed by atoms with Gasteiger partial charge >= 0.3 is 0 Å². The van der Waals surface area contributed by atoms with Crippen LogP contribution < -0.4 is 5.32 Å². The summed E-state index contributed by atoms with van der Waals surface area (Å²) in [4.78, 5) is 10.9. The van der Waals surface area contributed by atoms with Crippen molar-refractivity contribution in [1.29, 1.82) is 0 Å². The summed E-state index contributed by atoms with van der Waals surface area (Å²) in [5.74, 6) is -2.23. The molecule has 80 valence electrons. The van der Waals surface area contributed by atoms with E-state index >= 15 is 0 Å². The summed E-state index contributed by atoms with van der Waals surface area (Å²) in [5, 5.41) is 10.3. The van der Waals surface area contributed by atoms with Crippen molar-refractivity contribution in [2.24, 2.45) is 0 Å². The van der Waals surface area contributed by atoms with E-state index in [-0.39, 0.29) is 10.2 Å². The highest BCUT2D eigenvalue weighted by Crippen LogP contribution is 2.24. The average molecular weight is 278 g/mol. The minimum atomic E-state index is -0.781. The summed E-state index contributed by atoms with van der Waals surface area (Å²) in [6.45, 7) is 0.